The minimum Gasteiger partial charge on any atom is -0.265 e. The second kappa shape index (κ2) is 8.57. The molecule has 0 spiro atoms. The van der Waals surface area contributed by atoms with Gasteiger partial charge in [-0.05, 0) is 82.7 Å². The lowest BCUT2D eigenvalue weighted by molar-refractivity contribution is 1.31. The summed E-state index contributed by atoms with van der Waals surface area (Å²) in [6.45, 7) is 8.83. The fourth-order valence-electron chi connectivity index (χ4n) is 2.86. The molecule has 4 heterocycles. The maximum absolute atomic E-state index is 4.25. The highest BCUT2D eigenvalue weighted by molar-refractivity contribution is 8.29. The number of hydrogen-bond acceptors (Lipinski definition) is 6. The van der Waals surface area contributed by atoms with Crippen LogP contribution in [-0.2, 0) is 0 Å². The average Bonchev–Trinajstić information content (AvgIpc) is 3.21. The van der Waals surface area contributed by atoms with Crippen molar-refractivity contribution >= 4 is 58.2 Å². The van der Waals surface area contributed by atoms with E-state index in [-0.39, 0.29) is 0 Å². The van der Waals surface area contributed by atoms with E-state index in [9.17, 15) is 0 Å². The van der Waals surface area contributed by atoms with Crippen molar-refractivity contribution < 1.29 is 0 Å². The molecule has 4 rings (SSSR count). The Morgan fingerprint density at radius 1 is 0.536 bits per heavy atom. The summed E-state index contributed by atoms with van der Waals surface area (Å²) in [6, 6.07) is 8.47. The van der Waals surface area contributed by atoms with Gasteiger partial charge in [0, 0.05) is 35.9 Å². The van der Waals surface area contributed by atoms with Crippen LogP contribution in [0.15, 0.2) is 77.1 Å². The van der Waals surface area contributed by atoms with Gasteiger partial charge >= 0.3 is 0 Å². The lowest BCUT2D eigenvalue weighted by Crippen LogP contribution is -1.95. The lowest BCUT2D eigenvalue weighted by atomic mass is 9.96. The van der Waals surface area contributed by atoms with E-state index in [1.54, 1.807) is 0 Å². The number of aromatic nitrogens is 2. The molecule has 2 aliphatic heterocycles. The molecule has 28 heavy (non-hydrogen) atoms. The Morgan fingerprint density at radius 2 is 0.821 bits per heavy atom. The van der Waals surface area contributed by atoms with Crippen molar-refractivity contribution in [2.75, 3.05) is 0 Å². The highest BCUT2D eigenvalue weighted by Gasteiger charge is 2.27. The molecule has 0 aliphatic carbocycles. The Labute approximate surface area is 183 Å². The van der Waals surface area contributed by atoms with Crippen molar-refractivity contribution in [3.05, 3.63) is 88.3 Å². The van der Waals surface area contributed by atoms with Crippen LogP contribution in [0.3, 0.4) is 0 Å². The van der Waals surface area contributed by atoms with E-state index < -0.39 is 0 Å². The monoisotopic (exact) mass is 440 g/mol. The van der Waals surface area contributed by atoms with Crippen LogP contribution in [0.25, 0.3) is 11.1 Å². The molecule has 2 aromatic heterocycles. The maximum Gasteiger partial charge on any atom is 0.0577 e. The van der Waals surface area contributed by atoms with Crippen molar-refractivity contribution in [1.29, 1.82) is 0 Å². The summed E-state index contributed by atoms with van der Waals surface area (Å²) in [5, 5.41) is 0. The van der Waals surface area contributed by atoms with Gasteiger partial charge in [0.2, 0.25) is 0 Å². The molecule has 0 fully saturated rings. The molecule has 0 N–H and O–H groups in total. The van der Waals surface area contributed by atoms with Crippen LogP contribution in [-0.4, -0.2) is 9.97 Å². The first-order valence-electron chi connectivity index (χ1n) is 8.90. The summed E-state index contributed by atoms with van der Waals surface area (Å²) in [6.07, 6.45) is 7.52. The number of thioether (sulfide) groups is 4. The predicted molar refractivity (Wildman–Crippen MR) is 129 cm³/mol. The van der Waals surface area contributed by atoms with E-state index in [1.165, 1.54) is 50.4 Å². The molecule has 2 aromatic rings. The van der Waals surface area contributed by atoms with Crippen LogP contribution >= 0.6 is 47.0 Å². The van der Waals surface area contributed by atoms with Crippen LogP contribution < -0.4 is 0 Å². The molecule has 0 saturated heterocycles. The minimum atomic E-state index is 1.20. The molecule has 2 nitrogen and oxygen atoms in total. The van der Waals surface area contributed by atoms with Crippen LogP contribution in [0.5, 0.6) is 0 Å². The number of nitrogens with zero attached hydrogens (tertiary/aromatic N) is 2. The molecule has 0 saturated carbocycles. The molecule has 0 unspecified atom stereocenters. The van der Waals surface area contributed by atoms with Gasteiger partial charge in [-0.1, -0.05) is 47.0 Å². The Morgan fingerprint density at radius 3 is 1.11 bits per heavy atom. The first-order valence-corrected chi connectivity index (χ1v) is 12.2. The number of pyridine rings is 2. The van der Waals surface area contributed by atoms with Gasteiger partial charge in [-0.25, -0.2) is 0 Å². The summed E-state index contributed by atoms with van der Waals surface area (Å²) in [4.78, 5) is 14.0. The minimum absolute atomic E-state index is 1.20. The molecular formula is C22H20N2S4. The van der Waals surface area contributed by atoms with Crippen LogP contribution in [0.2, 0.25) is 0 Å². The summed E-state index contributed by atoms with van der Waals surface area (Å²) >= 11 is 7.52. The van der Waals surface area contributed by atoms with Gasteiger partial charge in [0.05, 0.1) is 8.47 Å². The third-order valence-corrected chi connectivity index (χ3v) is 9.84. The van der Waals surface area contributed by atoms with E-state index >= 15 is 0 Å². The van der Waals surface area contributed by atoms with E-state index in [2.05, 4.69) is 61.9 Å². The molecule has 0 atom stereocenters. The molecule has 142 valence electrons. The van der Waals surface area contributed by atoms with Crippen molar-refractivity contribution in [2.45, 2.75) is 27.7 Å². The normalized spacial score (nSPS) is 17.0. The average molecular weight is 441 g/mol. The van der Waals surface area contributed by atoms with Crippen LogP contribution in [0.1, 0.15) is 38.8 Å². The van der Waals surface area contributed by atoms with Crippen molar-refractivity contribution in [2.24, 2.45) is 0 Å². The Hall–Kier alpha value is -1.34. The lowest BCUT2D eigenvalue weighted by Gasteiger charge is -2.18. The van der Waals surface area contributed by atoms with E-state index in [0.29, 0.717) is 0 Å². The van der Waals surface area contributed by atoms with E-state index in [4.69, 9.17) is 0 Å². The van der Waals surface area contributed by atoms with Gasteiger partial charge in [0.15, 0.2) is 0 Å². The number of rotatable bonds is 3. The van der Waals surface area contributed by atoms with Gasteiger partial charge in [-0.3, -0.25) is 9.97 Å². The fraction of sp³-hybridized carbons (Fsp3) is 0.182. The molecule has 0 amide bonds. The molecule has 0 radical (unpaired) electrons. The summed E-state index contributed by atoms with van der Waals surface area (Å²) in [7, 11) is 0. The smallest absolute Gasteiger partial charge is 0.0577 e. The molecule has 0 bridgehead atoms. The number of hydrogen-bond donors (Lipinski definition) is 0. The highest BCUT2D eigenvalue weighted by atomic mass is 32.2. The zero-order valence-corrected chi connectivity index (χ0v) is 19.4. The predicted octanol–water partition coefficient (Wildman–Crippen LogP) is 7.98. The SMILES string of the molecule is CC1=C(C)SC(=C(C(=C2SC(C)=C(C)S2)c2ccncc2)c2ccncc2)S1. The molecular weight excluding hydrogens is 421 g/mol. The fourth-order valence-corrected chi connectivity index (χ4v) is 8.16. The van der Waals surface area contributed by atoms with Gasteiger partial charge in [-0.15, -0.1) is 0 Å². The Kier molecular flexibility index (Phi) is 6.11. The topological polar surface area (TPSA) is 25.8 Å². The molecule has 6 heteroatoms. The first-order chi connectivity index (χ1) is 13.5. The third-order valence-electron chi connectivity index (χ3n) is 4.57. The van der Waals surface area contributed by atoms with Crippen LogP contribution in [0.4, 0.5) is 0 Å². The van der Waals surface area contributed by atoms with Crippen LogP contribution in [0, 0.1) is 0 Å². The van der Waals surface area contributed by atoms with Crippen molar-refractivity contribution in [3.8, 4) is 0 Å². The molecule has 2 aliphatic rings. The second-order valence-corrected chi connectivity index (χ2v) is 11.8. The largest absolute Gasteiger partial charge is 0.265 e. The summed E-state index contributed by atoms with van der Waals surface area (Å²) in [5.41, 5.74) is 4.99. The summed E-state index contributed by atoms with van der Waals surface area (Å²) in [5.74, 6) is 0. The van der Waals surface area contributed by atoms with Crippen molar-refractivity contribution in [3.63, 3.8) is 0 Å². The van der Waals surface area contributed by atoms with Crippen molar-refractivity contribution in [1.82, 2.24) is 9.97 Å². The zero-order chi connectivity index (χ0) is 19.7. The van der Waals surface area contributed by atoms with E-state index in [1.807, 2.05) is 71.8 Å². The Balaban J connectivity index is 1.97. The van der Waals surface area contributed by atoms with Gasteiger partial charge < -0.3 is 0 Å². The molecule has 0 aromatic carbocycles. The highest BCUT2D eigenvalue weighted by Crippen LogP contribution is 2.58. The summed E-state index contributed by atoms with van der Waals surface area (Å²) < 4.78 is 2.67. The second-order valence-electron chi connectivity index (χ2n) is 6.43. The Bertz CT molecular complexity index is 917. The standard InChI is InChI=1S/C22H20N2S4/c1-13-14(2)26-21(25-13)19(17-5-9-23-10-6-17)20(18-7-11-24-12-8-18)22-27-15(3)16(4)28-22/h5-12H,1-4H3. The van der Waals surface area contributed by atoms with E-state index in [0.717, 1.165) is 0 Å². The first kappa shape index (κ1) is 20.0. The zero-order valence-electron chi connectivity index (χ0n) is 16.1. The van der Waals surface area contributed by atoms with Gasteiger partial charge in [0.25, 0.3) is 0 Å². The third kappa shape index (κ3) is 4.01. The quantitative estimate of drug-likeness (QED) is 0.480. The number of allylic oxidation sites excluding steroid dienone is 6. The maximum atomic E-state index is 4.25. The van der Waals surface area contributed by atoms with Gasteiger partial charge in [0.1, 0.15) is 0 Å². The van der Waals surface area contributed by atoms with Gasteiger partial charge in [-0.2, -0.15) is 0 Å².